The van der Waals surface area contributed by atoms with E-state index in [1.165, 1.54) is 30.5 Å². The Morgan fingerprint density at radius 3 is 2.25 bits per heavy atom. The Bertz CT molecular complexity index is 1400. The smallest absolute Gasteiger partial charge is 0.333 e. The molecule has 4 aliphatic rings. The van der Waals surface area contributed by atoms with Crippen LogP contribution in [0.1, 0.15) is 45.7 Å². The molecule has 0 aromatic heterocycles. The number of thioether (sulfide) groups is 1. The number of nitrogens with zero attached hydrogens (tertiary/aromatic N) is 2. The monoisotopic (exact) mass is 594 g/mol. The van der Waals surface area contributed by atoms with E-state index in [4.69, 9.17) is 15.2 Å². The summed E-state index contributed by atoms with van der Waals surface area (Å²) in [6.45, 7) is 5.37. The third-order valence-corrected chi connectivity index (χ3v) is 12.4. The van der Waals surface area contributed by atoms with Crippen LogP contribution in [0.2, 0.25) is 0 Å². The van der Waals surface area contributed by atoms with Gasteiger partial charge in [-0.05, 0) is 33.3 Å². The van der Waals surface area contributed by atoms with Crippen molar-refractivity contribution in [1.82, 2.24) is 15.1 Å². The first-order valence-corrected chi connectivity index (χ1v) is 15.0. The quantitative estimate of drug-likeness (QED) is 0.234. The summed E-state index contributed by atoms with van der Waals surface area (Å²) < 4.78 is 33.3. The summed E-state index contributed by atoms with van der Waals surface area (Å²) in [4.78, 5) is 65.9. The molecular formula is C25H30N4O9S2. The van der Waals surface area contributed by atoms with Crippen LogP contribution in [-0.2, 0) is 43.3 Å². The number of hydrogen-bond donors (Lipinski definition) is 2. The molecule has 1 aromatic rings. The fourth-order valence-corrected chi connectivity index (χ4v) is 9.44. The van der Waals surface area contributed by atoms with E-state index in [1.807, 2.05) is 0 Å². The van der Waals surface area contributed by atoms with Crippen LogP contribution in [0.5, 0.6) is 0 Å². The molecule has 0 unspecified atom stereocenters. The third-order valence-electron chi connectivity index (χ3n) is 8.00. The van der Waals surface area contributed by atoms with E-state index in [1.54, 1.807) is 44.2 Å². The molecule has 216 valence electrons. The first kappa shape index (κ1) is 28.4. The molecule has 5 rings (SSSR count). The van der Waals surface area contributed by atoms with Gasteiger partial charge in [0.25, 0.3) is 0 Å². The molecule has 0 spiro atoms. The van der Waals surface area contributed by atoms with Gasteiger partial charge < -0.3 is 30.3 Å². The minimum atomic E-state index is -3.80. The average Bonchev–Trinajstić information content (AvgIpc) is 3.22. The Balaban J connectivity index is 1.19. The van der Waals surface area contributed by atoms with Crippen molar-refractivity contribution in [3.63, 3.8) is 0 Å². The minimum absolute atomic E-state index is 0.191. The highest BCUT2D eigenvalue weighted by molar-refractivity contribution is 8.01. The zero-order chi connectivity index (χ0) is 29.4. The summed E-state index contributed by atoms with van der Waals surface area (Å²) in [6, 6.07) is 4.45. The molecule has 15 heteroatoms. The molecule has 1 aromatic carbocycles. The van der Waals surface area contributed by atoms with E-state index in [0.29, 0.717) is 5.56 Å². The Kier molecular flexibility index (Phi) is 6.70. The lowest BCUT2D eigenvalue weighted by Gasteiger charge is -2.44. The number of carbonyl (C=O) groups excluding carboxylic acids is 5. The van der Waals surface area contributed by atoms with Crippen LogP contribution in [0.4, 0.5) is 0 Å². The lowest BCUT2D eigenvalue weighted by molar-refractivity contribution is -0.181. The second-order valence-corrected chi connectivity index (χ2v) is 15.6. The number of hydrogen-bond acceptors (Lipinski definition) is 11. The molecule has 0 saturated carbocycles. The number of nitrogens with two attached hydrogens (primary N) is 1. The van der Waals surface area contributed by atoms with E-state index in [0.717, 1.165) is 4.90 Å². The van der Waals surface area contributed by atoms with Crippen molar-refractivity contribution in [2.75, 3.05) is 6.79 Å². The van der Waals surface area contributed by atoms with Crippen LogP contribution in [-0.4, -0.2) is 93.0 Å². The van der Waals surface area contributed by atoms with Gasteiger partial charge in [-0.3, -0.25) is 14.4 Å². The second kappa shape index (κ2) is 9.45. The van der Waals surface area contributed by atoms with Gasteiger partial charge in [-0.15, -0.1) is 11.8 Å². The number of fused-ring (bicyclic) bond motifs is 2. The van der Waals surface area contributed by atoms with Gasteiger partial charge in [0.05, 0.1) is 11.2 Å². The zero-order valence-electron chi connectivity index (χ0n) is 22.2. The molecule has 4 aliphatic heterocycles. The molecule has 6 atom stereocenters. The SMILES string of the molecule is CC1(C)S[C@H]2[C@@H](NC(=O)[C@H](N)c3ccccc3)C(=O)N2[C@H]1C(=O)OCOC(=O)[C@@H]1N2C(=O)C[C@H]2S(=O)(=O)C1(C)C. The van der Waals surface area contributed by atoms with Crippen LogP contribution in [0, 0.1) is 0 Å². The number of rotatable bonds is 7. The van der Waals surface area contributed by atoms with Gasteiger partial charge in [0.1, 0.15) is 34.9 Å². The largest absolute Gasteiger partial charge is 0.426 e. The maximum atomic E-state index is 13.0. The van der Waals surface area contributed by atoms with Gasteiger partial charge in [0, 0.05) is 4.75 Å². The van der Waals surface area contributed by atoms with Gasteiger partial charge in [-0.25, -0.2) is 18.0 Å². The van der Waals surface area contributed by atoms with Gasteiger partial charge >= 0.3 is 11.9 Å². The molecule has 4 saturated heterocycles. The van der Waals surface area contributed by atoms with E-state index in [2.05, 4.69) is 5.32 Å². The number of ether oxygens (including phenoxy) is 2. The number of esters is 2. The fraction of sp³-hybridized carbons (Fsp3) is 0.560. The second-order valence-electron chi connectivity index (χ2n) is 11.2. The van der Waals surface area contributed by atoms with Crippen molar-refractivity contribution in [2.45, 2.75) is 78.5 Å². The summed E-state index contributed by atoms with van der Waals surface area (Å²) in [5.74, 6) is -3.32. The van der Waals surface area contributed by atoms with Crippen molar-refractivity contribution in [3.05, 3.63) is 35.9 Å². The Labute approximate surface area is 235 Å². The molecule has 3 amide bonds. The Morgan fingerprint density at radius 1 is 1.05 bits per heavy atom. The minimum Gasteiger partial charge on any atom is -0.426 e. The van der Waals surface area contributed by atoms with E-state index in [-0.39, 0.29) is 6.42 Å². The molecule has 4 fully saturated rings. The molecule has 3 N–H and O–H groups in total. The van der Waals surface area contributed by atoms with Crippen LogP contribution in [0.15, 0.2) is 30.3 Å². The van der Waals surface area contributed by atoms with Crippen molar-refractivity contribution in [2.24, 2.45) is 5.73 Å². The number of benzene rings is 1. The summed E-state index contributed by atoms with van der Waals surface area (Å²) in [5, 5.41) is 1.07. The van der Waals surface area contributed by atoms with Crippen LogP contribution in [0.25, 0.3) is 0 Å². The summed E-state index contributed by atoms with van der Waals surface area (Å²) >= 11 is 1.31. The molecule has 0 bridgehead atoms. The Hall–Kier alpha value is -3.17. The lowest BCUT2D eigenvalue weighted by Crippen LogP contribution is -2.71. The number of sulfone groups is 1. The van der Waals surface area contributed by atoms with Crippen molar-refractivity contribution >= 4 is 51.3 Å². The number of β-lactam (4-membered cyclic amide) rings is 2. The van der Waals surface area contributed by atoms with Crippen molar-refractivity contribution in [3.8, 4) is 0 Å². The maximum Gasteiger partial charge on any atom is 0.333 e. The molecule has 13 nitrogen and oxygen atoms in total. The first-order valence-electron chi connectivity index (χ1n) is 12.6. The molecule has 4 heterocycles. The number of nitrogens with one attached hydrogen (secondary N) is 1. The van der Waals surface area contributed by atoms with E-state index < -0.39 is 90.7 Å². The predicted octanol–water partition coefficient (Wildman–Crippen LogP) is -0.589. The highest BCUT2D eigenvalue weighted by Gasteiger charge is 2.68. The fourth-order valence-electron chi connectivity index (χ4n) is 5.69. The Morgan fingerprint density at radius 2 is 1.65 bits per heavy atom. The standard InChI is InChI=1S/C25H30N4O9S2/c1-24(2)17(29-20(32)16(21(29)39-24)27-19(31)15(26)12-8-6-5-7-9-12)22(33)37-11-38-23(34)18-25(3,4)40(35,36)14-10-13(30)28(14)18/h5-9,14-18,21H,10-11,26H2,1-4H3,(H,27,31)/t14-,15-,16+,17+,18+,21+/m1/s1. The lowest BCUT2D eigenvalue weighted by atomic mass is 9.95. The highest BCUT2D eigenvalue weighted by atomic mass is 32.2. The van der Waals surface area contributed by atoms with Gasteiger partial charge in [-0.1, -0.05) is 30.3 Å². The summed E-state index contributed by atoms with van der Waals surface area (Å²) in [7, 11) is -3.80. The van der Waals surface area contributed by atoms with Crippen LogP contribution in [0.3, 0.4) is 0 Å². The van der Waals surface area contributed by atoms with Crippen molar-refractivity contribution in [1.29, 1.82) is 0 Å². The zero-order valence-corrected chi connectivity index (χ0v) is 23.9. The number of amides is 3. The van der Waals surface area contributed by atoms with E-state index >= 15 is 0 Å². The van der Waals surface area contributed by atoms with Gasteiger partial charge in [0.15, 0.2) is 9.84 Å². The van der Waals surface area contributed by atoms with Gasteiger partial charge in [-0.2, -0.15) is 0 Å². The molecule has 0 radical (unpaired) electrons. The normalized spacial score (nSPS) is 31.3. The molecule has 0 aliphatic carbocycles. The molecule has 40 heavy (non-hydrogen) atoms. The summed E-state index contributed by atoms with van der Waals surface area (Å²) in [5.41, 5.74) is 6.64. The van der Waals surface area contributed by atoms with E-state index in [9.17, 15) is 32.4 Å². The van der Waals surface area contributed by atoms with Gasteiger partial charge in [0.2, 0.25) is 24.5 Å². The van der Waals surface area contributed by atoms with Crippen LogP contribution < -0.4 is 11.1 Å². The topological polar surface area (TPSA) is 182 Å². The number of carbonyl (C=O) groups is 5. The van der Waals surface area contributed by atoms with Crippen LogP contribution >= 0.6 is 11.8 Å². The highest BCUT2D eigenvalue weighted by Crippen LogP contribution is 2.51. The maximum absolute atomic E-state index is 13.0. The predicted molar refractivity (Wildman–Crippen MR) is 140 cm³/mol. The molecular weight excluding hydrogens is 564 g/mol. The third kappa shape index (κ3) is 4.08. The summed E-state index contributed by atoms with van der Waals surface area (Å²) in [6.07, 6.45) is -0.191. The van der Waals surface area contributed by atoms with Crippen molar-refractivity contribution < 1.29 is 41.9 Å². The first-order chi connectivity index (χ1) is 18.6. The average molecular weight is 595 g/mol.